The van der Waals surface area contributed by atoms with Gasteiger partial charge in [0, 0.05) is 19.3 Å². The van der Waals surface area contributed by atoms with Crippen LogP contribution in [0.3, 0.4) is 0 Å². The van der Waals surface area contributed by atoms with Gasteiger partial charge in [0.1, 0.15) is 13.2 Å². The molecule has 0 aromatic heterocycles. The van der Waals surface area contributed by atoms with Crippen LogP contribution < -0.4 is 0 Å². The molecule has 1 unspecified atom stereocenters. The molecule has 1 atom stereocenters. The largest absolute Gasteiger partial charge is 0.462 e. The monoisotopic (exact) mass is 915 g/mol. The zero-order valence-corrected chi connectivity index (χ0v) is 41.6. The molecule has 0 amide bonds. The molecular formula is C61H86O6. The van der Waals surface area contributed by atoms with Gasteiger partial charge in [-0.2, -0.15) is 0 Å². The van der Waals surface area contributed by atoms with Crippen molar-refractivity contribution >= 4 is 17.9 Å². The van der Waals surface area contributed by atoms with Gasteiger partial charge in [0.25, 0.3) is 0 Å². The Morgan fingerprint density at radius 2 is 0.627 bits per heavy atom. The molecule has 0 aromatic rings. The minimum atomic E-state index is -0.856. The van der Waals surface area contributed by atoms with Gasteiger partial charge in [0.05, 0.1) is 0 Å². The zero-order chi connectivity index (χ0) is 48.6. The molecule has 0 saturated carbocycles. The van der Waals surface area contributed by atoms with Gasteiger partial charge in [-0.05, 0) is 96.3 Å². The molecule has 366 valence electrons. The number of esters is 3. The standard InChI is InChI=1S/C61H86O6/c1-4-7-10-13-16-19-22-25-27-29-30-32-33-36-39-42-45-48-51-54-60(63)66-57-58(56-65-59(62)53-50-47-44-41-38-35-24-21-18-15-12-9-6-3)67-61(64)55-52-49-46-43-40-37-34-31-28-26-23-20-17-14-11-8-5-2/h7-12,14-21,23-28,30-32,34-41,44,58H,4-6,13,22,29,33,42-43,45-57H2,1-3H3/b10-7-,11-8-,12-9-,17-14-,18-15-,19-16-,23-20-,24-21-,27-25-,28-26-,32-30-,34-31+,38-35-,39-36-,40-37-,44-41-. The summed E-state index contributed by atoms with van der Waals surface area (Å²) >= 11 is 0. The van der Waals surface area contributed by atoms with E-state index in [2.05, 4.69) is 99.8 Å². The van der Waals surface area contributed by atoms with E-state index in [0.29, 0.717) is 19.3 Å². The van der Waals surface area contributed by atoms with Crippen molar-refractivity contribution in [1.82, 2.24) is 0 Å². The number of hydrogen-bond acceptors (Lipinski definition) is 6. The lowest BCUT2D eigenvalue weighted by molar-refractivity contribution is -0.167. The minimum absolute atomic E-state index is 0.149. The lowest BCUT2D eigenvalue weighted by Crippen LogP contribution is -2.30. The minimum Gasteiger partial charge on any atom is -0.462 e. The van der Waals surface area contributed by atoms with Crippen LogP contribution >= 0.6 is 0 Å². The molecule has 0 aliphatic rings. The number of carbonyl (C=O) groups excluding carboxylic acids is 3. The van der Waals surface area contributed by atoms with Crippen LogP contribution in [-0.2, 0) is 28.6 Å². The van der Waals surface area contributed by atoms with Crippen LogP contribution in [0.15, 0.2) is 194 Å². The van der Waals surface area contributed by atoms with E-state index in [4.69, 9.17) is 14.2 Å². The molecule has 0 fully saturated rings. The van der Waals surface area contributed by atoms with Crippen LogP contribution in [0, 0.1) is 0 Å². The smallest absolute Gasteiger partial charge is 0.306 e. The van der Waals surface area contributed by atoms with Crippen LogP contribution in [0.25, 0.3) is 0 Å². The van der Waals surface area contributed by atoms with Crippen molar-refractivity contribution in [1.29, 1.82) is 0 Å². The van der Waals surface area contributed by atoms with Gasteiger partial charge in [-0.15, -0.1) is 0 Å². The third-order valence-corrected chi connectivity index (χ3v) is 9.36. The molecule has 0 bridgehead atoms. The Balaban J connectivity index is 4.69. The molecule has 6 heteroatoms. The normalized spacial score (nSPS) is 13.8. The van der Waals surface area contributed by atoms with E-state index in [9.17, 15) is 14.4 Å². The van der Waals surface area contributed by atoms with Crippen LogP contribution in [-0.4, -0.2) is 37.2 Å². The number of allylic oxidation sites excluding steroid dienone is 32. The van der Waals surface area contributed by atoms with Crippen molar-refractivity contribution in [3.63, 3.8) is 0 Å². The highest BCUT2D eigenvalue weighted by Crippen LogP contribution is 2.10. The SMILES string of the molecule is CC\C=C/C=C\C=C/C=C\C=C/CCCC(=O)OCC(COC(=O)CCCCC/C=C\C/C=C\C/C=C\C/C=C\C/C=C\CC)OC(=O)CCCCC\C=C/C=C/C=C\C=C/C=C\C=C/CC. The Hall–Kier alpha value is -5.75. The summed E-state index contributed by atoms with van der Waals surface area (Å²) in [5, 5.41) is 0. The third kappa shape index (κ3) is 51.1. The molecule has 0 radical (unpaired) electrons. The molecule has 0 saturated heterocycles. The summed E-state index contributed by atoms with van der Waals surface area (Å²) < 4.78 is 16.6. The molecule has 6 nitrogen and oxygen atoms in total. The van der Waals surface area contributed by atoms with Crippen LogP contribution in [0.4, 0.5) is 0 Å². The maximum Gasteiger partial charge on any atom is 0.306 e. The first kappa shape index (κ1) is 61.2. The predicted octanol–water partition coefficient (Wildman–Crippen LogP) is 16.7. The average Bonchev–Trinajstić information content (AvgIpc) is 3.33. The van der Waals surface area contributed by atoms with E-state index < -0.39 is 12.1 Å². The van der Waals surface area contributed by atoms with Crippen molar-refractivity contribution in [3.8, 4) is 0 Å². The summed E-state index contributed by atoms with van der Waals surface area (Å²) in [5.41, 5.74) is 0. The fourth-order valence-corrected chi connectivity index (χ4v) is 5.70. The van der Waals surface area contributed by atoms with E-state index in [0.717, 1.165) is 89.9 Å². The highest BCUT2D eigenvalue weighted by Gasteiger charge is 2.19. The first-order valence-electron chi connectivity index (χ1n) is 25.1. The van der Waals surface area contributed by atoms with Gasteiger partial charge in [-0.1, -0.05) is 228 Å². The van der Waals surface area contributed by atoms with Gasteiger partial charge < -0.3 is 14.2 Å². The average molecular weight is 915 g/mol. The van der Waals surface area contributed by atoms with Crippen LogP contribution in [0.5, 0.6) is 0 Å². The lowest BCUT2D eigenvalue weighted by Gasteiger charge is -2.18. The van der Waals surface area contributed by atoms with E-state index >= 15 is 0 Å². The zero-order valence-electron chi connectivity index (χ0n) is 41.6. The topological polar surface area (TPSA) is 78.9 Å². The van der Waals surface area contributed by atoms with Crippen molar-refractivity contribution in [2.75, 3.05) is 13.2 Å². The lowest BCUT2D eigenvalue weighted by atomic mass is 10.1. The molecule has 0 aliphatic heterocycles. The van der Waals surface area contributed by atoms with Crippen molar-refractivity contribution < 1.29 is 28.6 Å². The quantitative estimate of drug-likeness (QED) is 0.0200. The number of hydrogen-bond donors (Lipinski definition) is 0. The number of carbonyl (C=O) groups is 3. The molecule has 0 rings (SSSR count). The fraction of sp³-hybridized carbons (Fsp3) is 0.426. The van der Waals surface area contributed by atoms with Crippen LogP contribution in [0.2, 0.25) is 0 Å². The predicted molar refractivity (Wildman–Crippen MR) is 287 cm³/mol. The first-order valence-corrected chi connectivity index (χ1v) is 25.1. The van der Waals surface area contributed by atoms with Gasteiger partial charge in [-0.3, -0.25) is 14.4 Å². The molecule has 0 heterocycles. The van der Waals surface area contributed by atoms with E-state index in [1.54, 1.807) is 0 Å². The summed E-state index contributed by atoms with van der Waals surface area (Å²) in [6.45, 7) is 6.05. The Bertz CT molecular complexity index is 1710. The Kier molecular flexibility index (Phi) is 48.3. The molecule has 0 aromatic carbocycles. The van der Waals surface area contributed by atoms with Gasteiger partial charge in [-0.25, -0.2) is 0 Å². The summed E-state index contributed by atoms with van der Waals surface area (Å²) in [6, 6.07) is 0. The molecule has 0 N–H and O–H groups in total. The summed E-state index contributed by atoms with van der Waals surface area (Å²) in [5.74, 6) is -1.12. The second-order valence-corrected chi connectivity index (χ2v) is 15.5. The van der Waals surface area contributed by atoms with E-state index in [-0.39, 0.29) is 44.4 Å². The maximum absolute atomic E-state index is 12.8. The van der Waals surface area contributed by atoms with E-state index in [1.165, 1.54) is 0 Å². The Morgan fingerprint density at radius 1 is 0.313 bits per heavy atom. The number of ether oxygens (including phenoxy) is 3. The Morgan fingerprint density at radius 3 is 1.04 bits per heavy atom. The Labute approximate surface area is 407 Å². The molecular weight excluding hydrogens is 829 g/mol. The highest BCUT2D eigenvalue weighted by molar-refractivity contribution is 5.71. The highest BCUT2D eigenvalue weighted by atomic mass is 16.6. The van der Waals surface area contributed by atoms with E-state index in [1.807, 2.05) is 115 Å². The van der Waals surface area contributed by atoms with Crippen molar-refractivity contribution in [2.45, 2.75) is 155 Å². The van der Waals surface area contributed by atoms with Gasteiger partial charge in [0.2, 0.25) is 0 Å². The van der Waals surface area contributed by atoms with Gasteiger partial charge >= 0.3 is 17.9 Å². The summed E-state index contributed by atoms with van der Waals surface area (Å²) in [6.07, 6.45) is 81.3. The molecule has 0 spiro atoms. The van der Waals surface area contributed by atoms with Crippen molar-refractivity contribution in [2.24, 2.45) is 0 Å². The van der Waals surface area contributed by atoms with Crippen molar-refractivity contribution in [3.05, 3.63) is 194 Å². The number of unbranched alkanes of at least 4 members (excludes halogenated alkanes) is 7. The summed E-state index contributed by atoms with van der Waals surface area (Å²) in [4.78, 5) is 38.0. The summed E-state index contributed by atoms with van der Waals surface area (Å²) in [7, 11) is 0. The molecule has 0 aliphatic carbocycles. The molecule has 67 heavy (non-hydrogen) atoms. The van der Waals surface area contributed by atoms with Gasteiger partial charge in [0.15, 0.2) is 6.10 Å². The van der Waals surface area contributed by atoms with Crippen LogP contribution in [0.1, 0.15) is 149 Å². The maximum atomic E-state index is 12.8. The second-order valence-electron chi connectivity index (χ2n) is 15.5. The first-order chi connectivity index (χ1) is 33.0. The fourth-order valence-electron chi connectivity index (χ4n) is 5.70. The number of rotatable bonds is 41. The second kappa shape index (κ2) is 52.9. The third-order valence-electron chi connectivity index (χ3n) is 9.36.